The summed E-state index contributed by atoms with van der Waals surface area (Å²) in [6.07, 6.45) is 0. The molecule has 26 heavy (non-hydrogen) atoms. The molecule has 3 aromatic rings. The average molecular weight is 415 g/mol. The minimum absolute atomic E-state index is 0.00386. The molecule has 0 aliphatic heterocycles. The Morgan fingerprint density at radius 3 is 2.50 bits per heavy atom. The van der Waals surface area contributed by atoms with Crippen molar-refractivity contribution in [2.45, 2.75) is 23.1 Å². The van der Waals surface area contributed by atoms with Crippen LogP contribution in [0.3, 0.4) is 0 Å². The van der Waals surface area contributed by atoms with E-state index < -0.39 is 25.7 Å². The Morgan fingerprint density at radius 2 is 1.85 bits per heavy atom. The van der Waals surface area contributed by atoms with Gasteiger partial charge in [-0.15, -0.1) is 11.3 Å². The monoisotopic (exact) mass is 414 g/mol. The highest BCUT2D eigenvalue weighted by Crippen LogP contribution is 2.29. The Labute approximate surface area is 154 Å². The number of hydrogen-bond acceptors (Lipinski definition) is 6. The minimum atomic E-state index is -3.90. The van der Waals surface area contributed by atoms with Gasteiger partial charge in [-0.05, 0) is 48.9 Å². The van der Waals surface area contributed by atoms with Gasteiger partial charge in [0.2, 0.25) is 14.2 Å². The van der Waals surface area contributed by atoms with E-state index in [-0.39, 0.29) is 26.2 Å². The summed E-state index contributed by atoms with van der Waals surface area (Å²) in [6, 6.07) is 8.09. The lowest BCUT2D eigenvalue weighted by molar-refractivity contribution is 0.595. The summed E-state index contributed by atoms with van der Waals surface area (Å²) in [7, 11) is -7.32. The lowest BCUT2D eigenvalue weighted by Gasteiger charge is -2.09. The Bertz CT molecular complexity index is 1200. The minimum Gasteiger partial charge on any atom is -0.280 e. The van der Waals surface area contributed by atoms with Gasteiger partial charge >= 0.3 is 0 Å². The van der Waals surface area contributed by atoms with Crippen molar-refractivity contribution < 1.29 is 21.2 Å². The number of halogens is 1. The number of sulfonamides is 1. The summed E-state index contributed by atoms with van der Waals surface area (Å²) in [6.45, 7) is 3.01. The van der Waals surface area contributed by atoms with Crippen molar-refractivity contribution in [2.75, 3.05) is 10.5 Å². The van der Waals surface area contributed by atoms with E-state index in [1.165, 1.54) is 38.1 Å². The van der Waals surface area contributed by atoms with Gasteiger partial charge in [0.25, 0.3) is 10.0 Å². The van der Waals surface area contributed by atoms with Crippen LogP contribution in [0, 0.1) is 12.7 Å². The normalized spacial score (nSPS) is 12.4. The van der Waals surface area contributed by atoms with Crippen LogP contribution < -0.4 is 4.72 Å². The molecule has 1 aromatic heterocycles. The van der Waals surface area contributed by atoms with Gasteiger partial charge in [0.1, 0.15) is 5.82 Å². The van der Waals surface area contributed by atoms with Gasteiger partial charge < -0.3 is 0 Å². The summed E-state index contributed by atoms with van der Waals surface area (Å²) < 4.78 is 65.1. The van der Waals surface area contributed by atoms with Gasteiger partial charge in [-0.25, -0.2) is 26.2 Å². The molecule has 3 rings (SSSR count). The first kappa shape index (κ1) is 18.7. The van der Waals surface area contributed by atoms with Gasteiger partial charge in [-0.2, -0.15) is 0 Å². The van der Waals surface area contributed by atoms with E-state index in [2.05, 4.69) is 9.71 Å². The number of benzene rings is 2. The number of thiazole rings is 1. The largest absolute Gasteiger partial charge is 0.280 e. The number of aromatic nitrogens is 1. The molecule has 2 aromatic carbocycles. The topological polar surface area (TPSA) is 93.2 Å². The predicted octanol–water partition coefficient (Wildman–Crippen LogP) is 3.34. The highest BCUT2D eigenvalue weighted by Gasteiger charge is 2.19. The molecule has 0 saturated carbocycles. The van der Waals surface area contributed by atoms with E-state index >= 15 is 0 Å². The molecular weight excluding hydrogens is 399 g/mol. The second-order valence-electron chi connectivity index (χ2n) is 5.58. The molecule has 0 atom stereocenters. The van der Waals surface area contributed by atoms with Gasteiger partial charge in [-0.1, -0.05) is 6.92 Å². The van der Waals surface area contributed by atoms with Crippen molar-refractivity contribution in [3.8, 4) is 0 Å². The molecule has 0 amide bonds. The number of rotatable bonds is 5. The second kappa shape index (κ2) is 6.60. The molecule has 0 fully saturated rings. The van der Waals surface area contributed by atoms with Crippen LogP contribution in [0.4, 0.5) is 10.1 Å². The molecule has 0 bridgehead atoms. The number of nitrogens with zero attached hydrogens (tertiary/aromatic N) is 1. The first-order valence-corrected chi connectivity index (χ1v) is 11.5. The zero-order chi connectivity index (χ0) is 19.1. The zero-order valence-corrected chi connectivity index (χ0v) is 16.3. The fraction of sp³-hybridized carbons (Fsp3) is 0.188. The van der Waals surface area contributed by atoms with Crippen LogP contribution in [0.15, 0.2) is 45.6 Å². The second-order valence-corrected chi connectivity index (χ2v) is 10.7. The van der Waals surface area contributed by atoms with E-state index in [0.717, 1.165) is 17.4 Å². The van der Waals surface area contributed by atoms with Crippen LogP contribution in [0.1, 0.15) is 12.5 Å². The molecule has 0 saturated heterocycles. The molecule has 138 valence electrons. The molecule has 6 nitrogen and oxygen atoms in total. The lowest BCUT2D eigenvalue weighted by atomic mass is 10.2. The third-order valence-corrected chi connectivity index (χ3v) is 8.29. The van der Waals surface area contributed by atoms with Crippen LogP contribution in [0.2, 0.25) is 0 Å². The van der Waals surface area contributed by atoms with E-state index in [4.69, 9.17) is 0 Å². The molecule has 10 heteroatoms. The summed E-state index contributed by atoms with van der Waals surface area (Å²) in [4.78, 5) is 4.02. The van der Waals surface area contributed by atoms with Gasteiger partial charge in [0.15, 0.2) is 0 Å². The third kappa shape index (κ3) is 3.57. The maximum Gasteiger partial charge on any atom is 0.261 e. The zero-order valence-electron chi connectivity index (χ0n) is 13.9. The lowest BCUT2D eigenvalue weighted by Crippen LogP contribution is -2.13. The number of aryl methyl sites for hydroxylation is 1. The van der Waals surface area contributed by atoms with Crippen LogP contribution in [0.5, 0.6) is 0 Å². The quantitative estimate of drug-likeness (QED) is 0.691. The maximum atomic E-state index is 13.3. The molecular formula is C16H15FN2O4S3. The number of sulfone groups is 1. The number of fused-ring (bicyclic) bond motifs is 1. The Hall–Kier alpha value is -2.04. The molecule has 1 heterocycles. The third-order valence-electron chi connectivity index (χ3n) is 3.71. The molecule has 0 radical (unpaired) electrons. The molecule has 0 spiro atoms. The van der Waals surface area contributed by atoms with Crippen LogP contribution in [-0.4, -0.2) is 27.6 Å². The van der Waals surface area contributed by atoms with Crippen molar-refractivity contribution in [3.05, 3.63) is 47.8 Å². The van der Waals surface area contributed by atoms with Crippen LogP contribution in [0.25, 0.3) is 10.2 Å². The summed E-state index contributed by atoms with van der Waals surface area (Å²) >= 11 is 0.986. The van der Waals surface area contributed by atoms with Crippen LogP contribution >= 0.6 is 11.3 Å². The first-order chi connectivity index (χ1) is 12.1. The summed E-state index contributed by atoms with van der Waals surface area (Å²) in [5.41, 5.74) is 0.964. The highest BCUT2D eigenvalue weighted by atomic mass is 32.2. The Balaban J connectivity index is 1.96. The van der Waals surface area contributed by atoms with Crippen molar-refractivity contribution in [1.29, 1.82) is 0 Å². The maximum absolute atomic E-state index is 13.3. The van der Waals surface area contributed by atoms with Crippen molar-refractivity contribution >= 4 is 47.1 Å². The van der Waals surface area contributed by atoms with E-state index in [0.29, 0.717) is 10.2 Å². The fourth-order valence-corrected chi connectivity index (χ4v) is 5.71. The van der Waals surface area contributed by atoms with Crippen LogP contribution in [-0.2, 0) is 19.9 Å². The summed E-state index contributed by atoms with van der Waals surface area (Å²) in [5, 5.41) is 0. The van der Waals surface area contributed by atoms with Crippen molar-refractivity contribution in [2.24, 2.45) is 0 Å². The van der Waals surface area contributed by atoms with Crippen molar-refractivity contribution in [1.82, 2.24) is 4.98 Å². The first-order valence-electron chi connectivity index (χ1n) is 7.55. The van der Waals surface area contributed by atoms with Gasteiger partial charge in [-0.3, -0.25) is 4.72 Å². The van der Waals surface area contributed by atoms with Gasteiger partial charge in [0.05, 0.1) is 26.6 Å². The predicted molar refractivity (Wildman–Crippen MR) is 99.3 cm³/mol. The average Bonchev–Trinajstić information content (AvgIpc) is 3.01. The molecule has 1 N–H and O–H groups in total. The standard InChI is InChI=1S/C16H15FN2O4S3/c1-3-25(20,21)16-18-14-7-4-11(9-15(14)24-16)19-26(22,23)12-5-6-13(17)10(2)8-12/h4-9,19H,3H2,1-2H3. The Kier molecular flexibility index (Phi) is 4.76. The van der Waals surface area contributed by atoms with Gasteiger partial charge in [0, 0.05) is 0 Å². The number of anilines is 1. The fourth-order valence-electron chi connectivity index (χ4n) is 2.22. The number of nitrogens with one attached hydrogen (secondary N) is 1. The van der Waals surface area contributed by atoms with E-state index in [1.54, 1.807) is 6.07 Å². The Morgan fingerprint density at radius 1 is 1.12 bits per heavy atom. The SMILES string of the molecule is CCS(=O)(=O)c1nc2ccc(NS(=O)(=O)c3ccc(F)c(C)c3)cc2s1. The van der Waals surface area contributed by atoms with E-state index in [1.807, 2.05) is 0 Å². The van der Waals surface area contributed by atoms with Crippen molar-refractivity contribution in [3.63, 3.8) is 0 Å². The summed E-state index contributed by atoms with van der Waals surface area (Å²) in [5.74, 6) is -0.546. The smallest absolute Gasteiger partial charge is 0.261 e. The molecule has 0 unspecified atom stereocenters. The molecule has 0 aliphatic carbocycles. The highest BCUT2D eigenvalue weighted by molar-refractivity contribution is 7.93. The van der Waals surface area contributed by atoms with E-state index in [9.17, 15) is 21.2 Å². The molecule has 0 aliphatic rings. The number of hydrogen-bond donors (Lipinski definition) is 1.